The van der Waals surface area contributed by atoms with E-state index in [4.69, 9.17) is 11.6 Å². The molecule has 2 nitrogen and oxygen atoms in total. The summed E-state index contributed by atoms with van der Waals surface area (Å²) in [5.74, 6) is 0.199. The Morgan fingerprint density at radius 3 is 2.38 bits per heavy atom. The van der Waals surface area contributed by atoms with Gasteiger partial charge in [-0.05, 0) is 24.5 Å². The molecular formula is C13H17ClO2. The van der Waals surface area contributed by atoms with Crippen LogP contribution in [0.1, 0.15) is 38.8 Å². The molecule has 88 valence electrons. The van der Waals surface area contributed by atoms with E-state index in [1.165, 1.54) is 6.92 Å². The molecule has 0 aliphatic rings. The highest BCUT2D eigenvalue weighted by molar-refractivity contribution is 6.30. The summed E-state index contributed by atoms with van der Waals surface area (Å²) in [6, 6.07) is 3.40. The maximum absolute atomic E-state index is 11.1. The number of carbonyl (C=O) groups is 1. The fourth-order valence-electron chi connectivity index (χ4n) is 1.63. The van der Waals surface area contributed by atoms with Crippen LogP contribution in [0.15, 0.2) is 12.1 Å². The van der Waals surface area contributed by atoms with Gasteiger partial charge in [-0.2, -0.15) is 0 Å². The summed E-state index contributed by atoms with van der Waals surface area (Å²) >= 11 is 5.99. The number of carbonyl (C=O) groups excluding carboxylic acids is 1. The van der Waals surface area contributed by atoms with Crippen molar-refractivity contribution in [2.75, 3.05) is 0 Å². The van der Waals surface area contributed by atoms with Crippen LogP contribution in [0.5, 0.6) is 5.75 Å². The molecule has 0 aliphatic heterocycles. The SMILES string of the molecule is CC(=O)Cc1cc(Cl)cc(C(C)(C)C)c1O. The maximum atomic E-state index is 11.1. The summed E-state index contributed by atoms with van der Waals surface area (Å²) in [5, 5.41) is 10.6. The zero-order chi connectivity index (χ0) is 12.5. The quantitative estimate of drug-likeness (QED) is 0.860. The Labute approximate surface area is 101 Å². The highest BCUT2D eigenvalue weighted by Crippen LogP contribution is 2.36. The van der Waals surface area contributed by atoms with Crippen LogP contribution in [0.4, 0.5) is 0 Å². The highest BCUT2D eigenvalue weighted by Gasteiger charge is 2.21. The molecule has 0 atom stereocenters. The van der Waals surface area contributed by atoms with E-state index in [0.29, 0.717) is 10.6 Å². The van der Waals surface area contributed by atoms with Crippen molar-refractivity contribution in [3.05, 3.63) is 28.3 Å². The van der Waals surface area contributed by atoms with Gasteiger partial charge in [-0.1, -0.05) is 32.4 Å². The molecule has 1 aromatic carbocycles. The van der Waals surface area contributed by atoms with Crippen LogP contribution >= 0.6 is 11.6 Å². The third-order valence-electron chi connectivity index (χ3n) is 2.40. The summed E-state index contributed by atoms with van der Waals surface area (Å²) in [7, 11) is 0. The molecule has 1 aromatic rings. The normalized spacial score (nSPS) is 11.6. The second kappa shape index (κ2) is 4.46. The topological polar surface area (TPSA) is 37.3 Å². The van der Waals surface area contributed by atoms with E-state index < -0.39 is 0 Å². The number of halogens is 1. The number of ketones is 1. The van der Waals surface area contributed by atoms with Crippen LogP contribution in [0, 0.1) is 0 Å². The second-order valence-corrected chi connectivity index (χ2v) is 5.53. The Hall–Kier alpha value is -1.02. The molecule has 16 heavy (non-hydrogen) atoms. The lowest BCUT2D eigenvalue weighted by Gasteiger charge is -2.22. The Morgan fingerprint density at radius 2 is 1.94 bits per heavy atom. The fourth-order valence-corrected chi connectivity index (χ4v) is 1.87. The van der Waals surface area contributed by atoms with Gasteiger partial charge in [-0.3, -0.25) is 4.79 Å². The third-order valence-corrected chi connectivity index (χ3v) is 2.62. The summed E-state index contributed by atoms with van der Waals surface area (Å²) in [6.45, 7) is 7.49. The molecule has 1 rings (SSSR count). The van der Waals surface area contributed by atoms with Crippen LogP contribution in [0.25, 0.3) is 0 Å². The van der Waals surface area contributed by atoms with E-state index in [2.05, 4.69) is 0 Å². The van der Waals surface area contributed by atoms with Crippen LogP contribution in [0.2, 0.25) is 5.02 Å². The predicted molar refractivity (Wildman–Crippen MR) is 66.2 cm³/mol. The van der Waals surface area contributed by atoms with Gasteiger partial charge in [0.15, 0.2) is 0 Å². The lowest BCUT2D eigenvalue weighted by Crippen LogP contribution is -2.12. The van der Waals surface area contributed by atoms with Crippen molar-refractivity contribution >= 4 is 17.4 Å². The van der Waals surface area contributed by atoms with Gasteiger partial charge in [0, 0.05) is 22.6 Å². The van der Waals surface area contributed by atoms with E-state index in [1.807, 2.05) is 20.8 Å². The Morgan fingerprint density at radius 1 is 1.38 bits per heavy atom. The molecule has 3 heteroatoms. The Kier molecular flexibility index (Phi) is 3.64. The lowest BCUT2D eigenvalue weighted by molar-refractivity contribution is -0.116. The number of phenolic OH excluding ortho intramolecular Hbond substituents is 1. The number of benzene rings is 1. The van der Waals surface area contributed by atoms with Crippen molar-refractivity contribution in [2.45, 2.75) is 39.5 Å². The monoisotopic (exact) mass is 240 g/mol. The molecule has 0 fully saturated rings. The molecule has 1 N–H and O–H groups in total. The van der Waals surface area contributed by atoms with E-state index in [9.17, 15) is 9.90 Å². The van der Waals surface area contributed by atoms with Crippen molar-refractivity contribution in [3.63, 3.8) is 0 Å². The molecule has 0 bridgehead atoms. The second-order valence-electron chi connectivity index (χ2n) is 5.09. The third kappa shape index (κ3) is 2.99. The van der Waals surface area contributed by atoms with Gasteiger partial charge in [0.2, 0.25) is 0 Å². The molecule has 0 aliphatic carbocycles. The van der Waals surface area contributed by atoms with Crippen molar-refractivity contribution in [1.29, 1.82) is 0 Å². The minimum atomic E-state index is -0.194. The average Bonchev–Trinajstić information content (AvgIpc) is 2.07. The van der Waals surface area contributed by atoms with Crippen molar-refractivity contribution in [3.8, 4) is 5.75 Å². The van der Waals surface area contributed by atoms with Crippen molar-refractivity contribution in [1.82, 2.24) is 0 Å². The van der Waals surface area contributed by atoms with Gasteiger partial charge in [-0.25, -0.2) is 0 Å². The Bertz CT molecular complexity index is 417. The van der Waals surface area contributed by atoms with Crippen LogP contribution < -0.4 is 0 Å². The predicted octanol–water partition coefficient (Wildman–Crippen LogP) is 3.47. The summed E-state index contributed by atoms with van der Waals surface area (Å²) in [5.41, 5.74) is 1.18. The molecule has 0 saturated heterocycles. The number of rotatable bonds is 2. The molecule has 0 heterocycles. The minimum absolute atomic E-state index is 0.0115. The first-order valence-electron chi connectivity index (χ1n) is 5.23. The summed E-state index contributed by atoms with van der Waals surface area (Å²) in [4.78, 5) is 11.1. The van der Waals surface area contributed by atoms with E-state index >= 15 is 0 Å². The molecule has 0 spiro atoms. The van der Waals surface area contributed by atoms with Crippen molar-refractivity contribution < 1.29 is 9.90 Å². The van der Waals surface area contributed by atoms with Gasteiger partial charge in [0.1, 0.15) is 11.5 Å². The van der Waals surface area contributed by atoms with Crippen molar-refractivity contribution in [2.24, 2.45) is 0 Å². The first-order valence-corrected chi connectivity index (χ1v) is 5.61. The van der Waals surface area contributed by atoms with Crippen LogP contribution in [-0.2, 0) is 16.6 Å². The molecule has 0 unspecified atom stereocenters. The van der Waals surface area contributed by atoms with Crippen LogP contribution in [-0.4, -0.2) is 10.9 Å². The zero-order valence-electron chi connectivity index (χ0n) is 10.1. The minimum Gasteiger partial charge on any atom is -0.507 e. The Balaban J connectivity index is 3.32. The first-order chi connectivity index (χ1) is 7.21. The highest BCUT2D eigenvalue weighted by atomic mass is 35.5. The molecule has 0 aromatic heterocycles. The number of Topliss-reactive ketones (excluding diaryl/α,β-unsaturated/α-hetero) is 1. The molecular weight excluding hydrogens is 224 g/mol. The standard InChI is InChI=1S/C13H17ClO2/c1-8(15)5-9-6-10(14)7-11(12(9)16)13(2,3)4/h6-7,16H,5H2,1-4H3. The van der Waals surface area contributed by atoms with Gasteiger partial charge < -0.3 is 5.11 Å². The van der Waals surface area contributed by atoms with Gasteiger partial charge in [0.05, 0.1) is 0 Å². The van der Waals surface area contributed by atoms with E-state index in [1.54, 1.807) is 12.1 Å². The van der Waals surface area contributed by atoms with Gasteiger partial charge in [-0.15, -0.1) is 0 Å². The van der Waals surface area contributed by atoms with Gasteiger partial charge >= 0.3 is 0 Å². The molecule has 0 radical (unpaired) electrons. The molecule has 0 amide bonds. The first kappa shape index (κ1) is 13.0. The summed E-state index contributed by atoms with van der Waals surface area (Å²) < 4.78 is 0. The van der Waals surface area contributed by atoms with E-state index in [0.717, 1.165) is 5.56 Å². The largest absolute Gasteiger partial charge is 0.507 e. The fraction of sp³-hybridized carbons (Fsp3) is 0.462. The maximum Gasteiger partial charge on any atom is 0.134 e. The summed E-state index contributed by atoms with van der Waals surface area (Å²) in [6.07, 6.45) is 0.218. The zero-order valence-corrected chi connectivity index (χ0v) is 10.9. The number of aromatic hydroxyl groups is 1. The average molecular weight is 241 g/mol. The number of hydrogen-bond donors (Lipinski definition) is 1. The lowest BCUT2D eigenvalue weighted by atomic mass is 9.84. The number of hydrogen-bond acceptors (Lipinski definition) is 2. The van der Waals surface area contributed by atoms with E-state index in [-0.39, 0.29) is 23.4 Å². The van der Waals surface area contributed by atoms with Gasteiger partial charge in [0.25, 0.3) is 0 Å². The smallest absolute Gasteiger partial charge is 0.134 e. The molecule has 0 saturated carbocycles. The number of phenols is 1. The van der Waals surface area contributed by atoms with Crippen LogP contribution in [0.3, 0.4) is 0 Å².